The predicted octanol–water partition coefficient (Wildman–Crippen LogP) is 1.41. The van der Waals surface area contributed by atoms with Crippen LogP contribution in [0.4, 0.5) is 11.4 Å². The molecule has 2 rings (SSSR count). The number of carbonyl (C=O) groups excluding carboxylic acids is 1. The summed E-state index contributed by atoms with van der Waals surface area (Å²) in [5.41, 5.74) is -1.56. The van der Waals surface area contributed by atoms with Gasteiger partial charge in [-0.2, -0.15) is 0 Å². The van der Waals surface area contributed by atoms with Crippen LogP contribution < -0.4 is 10.1 Å². The Hall–Kier alpha value is -2.64. The van der Waals surface area contributed by atoms with E-state index in [4.69, 9.17) is 9.84 Å². The highest BCUT2D eigenvalue weighted by Gasteiger charge is 2.57. The van der Waals surface area contributed by atoms with Crippen molar-refractivity contribution in [1.29, 1.82) is 0 Å². The van der Waals surface area contributed by atoms with E-state index in [1.165, 1.54) is 19.2 Å². The maximum atomic E-state index is 12.0. The molecular formula is C12H12N2O6. The summed E-state index contributed by atoms with van der Waals surface area (Å²) in [5, 5.41) is 22.1. The number of nitrogens with zero attached hydrogens (tertiary/aromatic N) is 1. The number of non-ortho nitro benzene ring substituents is 1. The zero-order chi connectivity index (χ0) is 14.9. The Morgan fingerprint density at radius 2 is 2.10 bits per heavy atom. The molecule has 1 amide bonds. The minimum absolute atomic E-state index is 0.0826. The number of carbonyl (C=O) groups is 2. The molecule has 106 valence electrons. The number of amides is 1. The lowest BCUT2D eigenvalue weighted by Crippen LogP contribution is -2.31. The monoisotopic (exact) mass is 280 g/mol. The number of ether oxygens (including phenoxy) is 1. The largest absolute Gasteiger partial charge is 0.495 e. The van der Waals surface area contributed by atoms with Crippen molar-refractivity contribution in [3.63, 3.8) is 0 Å². The third kappa shape index (κ3) is 2.27. The molecule has 0 aliphatic heterocycles. The quantitative estimate of drug-likeness (QED) is 0.478. The molecule has 2 N–H and O–H groups in total. The van der Waals surface area contributed by atoms with Crippen LogP contribution in [-0.2, 0) is 9.59 Å². The molecule has 1 aliphatic rings. The Morgan fingerprint density at radius 1 is 1.45 bits per heavy atom. The number of hydrogen-bond donors (Lipinski definition) is 2. The van der Waals surface area contributed by atoms with Crippen molar-refractivity contribution >= 4 is 23.3 Å². The van der Waals surface area contributed by atoms with Crippen LogP contribution in [0, 0.1) is 15.5 Å². The topological polar surface area (TPSA) is 119 Å². The van der Waals surface area contributed by atoms with Crippen LogP contribution in [-0.4, -0.2) is 29.0 Å². The van der Waals surface area contributed by atoms with Crippen molar-refractivity contribution < 1.29 is 24.4 Å². The number of nitro benzene ring substituents is 1. The molecule has 20 heavy (non-hydrogen) atoms. The molecule has 0 spiro atoms. The molecule has 0 saturated heterocycles. The predicted molar refractivity (Wildman–Crippen MR) is 67.6 cm³/mol. The number of nitro groups is 1. The van der Waals surface area contributed by atoms with Gasteiger partial charge in [0.2, 0.25) is 5.91 Å². The second-order valence-corrected chi connectivity index (χ2v) is 4.48. The normalized spacial score (nSPS) is 15.2. The summed E-state index contributed by atoms with van der Waals surface area (Å²) < 4.78 is 4.99. The highest BCUT2D eigenvalue weighted by molar-refractivity contribution is 6.11. The van der Waals surface area contributed by atoms with Crippen LogP contribution in [0.2, 0.25) is 0 Å². The van der Waals surface area contributed by atoms with E-state index in [1.54, 1.807) is 0 Å². The highest BCUT2D eigenvalue weighted by Crippen LogP contribution is 2.47. The van der Waals surface area contributed by atoms with Gasteiger partial charge in [0.1, 0.15) is 11.2 Å². The summed E-state index contributed by atoms with van der Waals surface area (Å²) in [6.45, 7) is 0. The van der Waals surface area contributed by atoms with E-state index in [9.17, 15) is 19.7 Å². The van der Waals surface area contributed by atoms with Gasteiger partial charge in [-0.15, -0.1) is 0 Å². The van der Waals surface area contributed by atoms with Crippen LogP contribution in [0.25, 0.3) is 0 Å². The number of anilines is 1. The minimum atomic E-state index is -1.42. The van der Waals surface area contributed by atoms with Gasteiger partial charge in [0.05, 0.1) is 17.7 Å². The number of hydrogen-bond acceptors (Lipinski definition) is 5. The Morgan fingerprint density at radius 3 is 2.55 bits per heavy atom. The van der Waals surface area contributed by atoms with Gasteiger partial charge < -0.3 is 15.2 Å². The standard InChI is InChI=1S/C12H12N2O6/c1-20-9-3-2-7(14(18)19)6-8(9)13-10(15)12(4-5-12)11(16)17/h2-3,6H,4-5H2,1H3,(H,13,15)(H,16,17). The number of aliphatic carboxylic acids is 1. The number of rotatable bonds is 5. The second-order valence-electron chi connectivity index (χ2n) is 4.48. The van der Waals surface area contributed by atoms with Crippen molar-refractivity contribution in [1.82, 2.24) is 0 Å². The maximum Gasteiger partial charge on any atom is 0.319 e. The second kappa shape index (κ2) is 4.80. The third-order valence-electron chi connectivity index (χ3n) is 3.24. The fourth-order valence-corrected chi connectivity index (χ4v) is 1.81. The molecule has 1 fully saturated rings. The van der Waals surface area contributed by atoms with Crippen LogP contribution in [0.1, 0.15) is 12.8 Å². The Labute approximate surface area is 113 Å². The van der Waals surface area contributed by atoms with Crippen molar-refractivity contribution in [3.05, 3.63) is 28.3 Å². The van der Waals surface area contributed by atoms with Crippen molar-refractivity contribution in [3.8, 4) is 5.75 Å². The first-order chi connectivity index (χ1) is 9.40. The maximum absolute atomic E-state index is 12.0. The van der Waals surface area contributed by atoms with E-state index >= 15 is 0 Å². The van der Waals surface area contributed by atoms with Crippen LogP contribution >= 0.6 is 0 Å². The van der Waals surface area contributed by atoms with Gasteiger partial charge >= 0.3 is 5.97 Å². The van der Waals surface area contributed by atoms with Gasteiger partial charge in [-0.1, -0.05) is 0 Å². The molecule has 1 saturated carbocycles. The van der Waals surface area contributed by atoms with Gasteiger partial charge in [0, 0.05) is 12.1 Å². The molecule has 0 bridgehead atoms. The molecule has 8 heteroatoms. The molecule has 0 unspecified atom stereocenters. The van der Waals surface area contributed by atoms with Crippen LogP contribution in [0.3, 0.4) is 0 Å². The van der Waals surface area contributed by atoms with E-state index in [2.05, 4.69) is 5.32 Å². The zero-order valence-corrected chi connectivity index (χ0v) is 10.6. The molecule has 0 heterocycles. The fraction of sp³-hybridized carbons (Fsp3) is 0.333. The fourth-order valence-electron chi connectivity index (χ4n) is 1.81. The summed E-state index contributed by atoms with van der Waals surface area (Å²) >= 11 is 0. The smallest absolute Gasteiger partial charge is 0.319 e. The Bertz CT molecular complexity index is 594. The van der Waals surface area contributed by atoms with E-state index < -0.39 is 22.2 Å². The number of carboxylic acids is 1. The molecule has 8 nitrogen and oxygen atoms in total. The van der Waals surface area contributed by atoms with Crippen molar-refractivity contribution in [2.24, 2.45) is 5.41 Å². The Kier molecular flexibility index (Phi) is 3.31. The molecule has 1 aromatic carbocycles. The van der Waals surface area contributed by atoms with E-state index in [0.29, 0.717) is 0 Å². The number of methoxy groups -OCH3 is 1. The van der Waals surface area contributed by atoms with Crippen LogP contribution in [0.15, 0.2) is 18.2 Å². The SMILES string of the molecule is COc1ccc([N+](=O)[O-])cc1NC(=O)C1(C(=O)O)CC1. The lowest BCUT2D eigenvalue weighted by Gasteiger charge is -2.13. The number of nitrogens with one attached hydrogen (secondary N) is 1. The molecular weight excluding hydrogens is 268 g/mol. The van der Waals surface area contributed by atoms with E-state index in [1.807, 2.05) is 0 Å². The van der Waals surface area contributed by atoms with Crippen molar-refractivity contribution in [2.45, 2.75) is 12.8 Å². The number of benzene rings is 1. The highest BCUT2D eigenvalue weighted by atomic mass is 16.6. The van der Waals surface area contributed by atoms with Gasteiger partial charge in [0.15, 0.2) is 0 Å². The van der Waals surface area contributed by atoms with E-state index in [-0.39, 0.29) is 30.0 Å². The average Bonchev–Trinajstić information content (AvgIpc) is 3.19. The lowest BCUT2D eigenvalue weighted by molar-refractivity contribution is -0.384. The van der Waals surface area contributed by atoms with Gasteiger partial charge in [0.25, 0.3) is 5.69 Å². The molecule has 1 aromatic rings. The minimum Gasteiger partial charge on any atom is -0.495 e. The van der Waals surface area contributed by atoms with Gasteiger partial charge in [-0.3, -0.25) is 19.7 Å². The zero-order valence-electron chi connectivity index (χ0n) is 10.6. The number of carboxylic acid groups (broad SMARTS) is 1. The van der Waals surface area contributed by atoms with Crippen molar-refractivity contribution in [2.75, 3.05) is 12.4 Å². The summed E-state index contributed by atoms with van der Waals surface area (Å²) in [5.74, 6) is -1.66. The summed E-state index contributed by atoms with van der Waals surface area (Å²) in [6.07, 6.45) is 0.511. The van der Waals surface area contributed by atoms with Gasteiger partial charge in [-0.25, -0.2) is 0 Å². The molecule has 0 atom stereocenters. The van der Waals surface area contributed by atoms with Gasteiger partial charge in [-0.05, 0) is 18.9 Å². The molecule has 0 aromatic heterocycles. The summed E-state index contributed by atoms with van der Waals surface area (Å²) in [4.78, 5) is 33.1. The average molecular weight is 280 g/mol. The third-order valence-corrected chi connectivity index (χ3v) is 3.24. The first-order valence-electron chi connectivity index (χ1n) is 5.78. The first kappa shape index (κ1) is 13.8. The first-order valence-corrected chi connectivity index (χ1v) is 5.78. The lowest BCUT2D eigenvalue weighted by atomic mass is 10.1. The summed E-state index contributed by atoms with van der Waals surface area (Å²) in [7, 11) is 1.35. The molecule has 1 aliphatic carbocycles. The Balaban J connectivity index is 2.28. The molecule has 0 radical (unpaired) electrons. The van der Waals surface area contributed by atoms with Crippen LogP contribution in [0.5, 0.6) is 5.75 Å². The van der Waals surface area contributed by atoms with E-state index in [0.717, 1.165) is 6.07 Å². The summed E-state index contributed by atoms with van der Waals surface area (Å²) in [6, 6.07) is 3.71.